The highest BCUT2D eigenvalue weighted by Gasteiger charge is 2.14. The number of rotatable bonds is 6. The number of amides is 1. The Bertz CT molecular complexity index is 658. The molecular weight excluding hydrogens is 291 g/mol. The monoisotopic (exact) mass is 314 g/mol. The van der Waals surface area contributed by atoms with Crippen LogP contribution in [0.25, 0.3) is 0 Å². The smallest absolute Gasteiger partial charge is 0.234 e. The maximum atomic E-state index is 13.2. The number of nitrogens with zero attached hydrogens (tertiary/aromatic N) is 1. The van der Waals surface area contributed by atoms with Crippen molar-refractivity contribution in [1.82, 2.24) is 10.2 Å². The zero-order valence-corrected chi connectivity index (χ0v) is 13.8. The molecule has 4 heteroatoms. The maximum absolute atomic E-state index is 13.2. The predicted octanol–water partition coefficient (Wildman–Crippen LogP) is 3.44. The van der Waals surface area contributed by atoms with Crippen molar-refractivity contribution in [3.05, 3.63) is 71.0 Å². The summed E-state index contributed by atoms with van der Waals surface area (Å²) in [5.74, 6) is -0.270. The second kappa shape index (κ2) is 7.88. The molecule has 0 saturated carbocycles. The summed E-state index contributed by atoms with van der Waals surface area (Å²) >= 11 is 0. The van der Waals surface area contributed by atoms with Crippen molar-refractivity contribution in [1.29, 1.82) is 0 Å². The minimum Gasteiger partial charge on any atom is -0.351 e. The van der Waals surface area contributed by atoms with E-state index in [9.17, 15) is 9.18 Å². The standard InChI is InChI=1S/C19H23FN2O/c1-14-11-16(9-10-18(14)20)12-21-19(23)13-22(3)15(2)17-7-5-4-6-8-17/h4-11,15H,12-13H2,1-3H3,(H,21,23)/t15-/m1/s1. The third-order valence-electron chi connectivity index (χ3n) is 4.05. The lowest BCUT2D eigenvalue weighted by atomic mass is 10.1. The van der Waals surface area contributed by atoms with E-state index in [4.69, 9.17) is 0 Å². The van der Waals surface area contributed by atoms with Crippen molar-refractivity contribution in [2.75, 3.05) is 13.6 Å². The average molecular weight is 314 g/mol. The SMILES string of the molecule is Cc1cc(CNC(=O)CN(C)[C@H](C)c2ccccc2)ccc1F. The van der Waals surface area contributed by atoms with Gasteiger partial charge < -0.3 is 5.32 Å². The molecule has 0 bridgehead atoms. The molecule has 0 aliphatic heterocycles. The second-order valence-electron chi connectivity index (χ2n) is 5.86. The van der Waals surface area contributed by atoms with Crippen molar-refractivity contribution >= 4 is 5.91 Å². The van der Waals surface area contributed by atoms with Crippen LogP contribution in [0.15, 0.2) is 48.5 Å². The fourth-order valence-corrected chi connectivity index (χ4v) is 2.42. The van der Waals surface area contributed by atoms with E-state index in [2.05, 4.69) is 24.4 Å². The molecule has 0 saturated heterocycles. The number of nitrogens with one attached hydrogen (secondary N) is 1. The molecule has 2 aromatic carbocycles. The van der Waals surface area contributed by atoms with Gasteiger partial charge in [-0.3, -0.25) is 9.69 Å². The normalized spacial score (nSPS) is 12.2. The second-order valence-corrected chi connectivity index (χ2v) is 5.86. The van der Waals surface area contributed by atoms with E-state index in [0.717, 1.165) is 5.56 Å². The summed E-state index contributed by atoms with van der Waals surface area (Å²) in [6, 6.07) is 15.1. The Morgan fingerprint density at radius 2 is 1.91 bits per heavy atom. The van der Waals surface area contributed by atoms with E-state index in [-0.39, 0.29) is 17.8 Å². The summed E-state index contributed by atoms with van der Waals surface area (Å²) in [5.41, 5.74) is 2.67. The van der Waals surface area contributed by atoms with E-state index < -0.39 is 0 Å². The van der Waals surface area contributed by atoms with Crippen LogP contribution in [-0.4, -0.2) is 24.4 Å². The summed E-state index contributed by atoms with van der Waals surface area (Å²) < 4.78 is 13.2. The third-order valence-corrected chi connectivity index (χ3v) is 4.05. The van der Waals surface area contributed by atoms with Gasteiger partial charge in [0, 0.05) is 12.6 Å². The fraction of sp³-hybridized carbons (Fsp3) is 0.316. The van der Waals surface area contributed by atoms with Gasteiger partial charge in [-0.2, -0.15) is 0 Å². The van der Waals surface area contributed by atoms with Crippen molar-refractivity contribution in [3.63, 3.8) is 0 Å². The molecule has 0 fully saturated rings. The Labute approximate surface area is 137 Å². The van der Waals surface area contributed by atoms with Gasteiger partial charge in [0.25, 0.3) is 0 Å². The molecule has 2 rings (SSSR count). The molecule has 0 spiro atoms. The van der Waals surface area contributed by atoms with Crippen LogP contribution >= 0.6 is 0 Å². The molecule has 1 amide bonds. The Morgan fingerprint density at radius 1 is 1.22 bits per heavy atom. The van der Waals surface area contributed by atoms with Gasteiger partial charge >= 0.3 is 0 Å². The van der Waals surface area contributed by atoms with Crippen LogP contribution < -0.4 is 5.32 Å². The highest BCUT2D eigenvalue weighted by molar-refractivity contribution is 5.78. The van der Waals surface area contributed by atoms with Crippen LogP contribution in [0.4, 0.5) is 4.39 Å². The van der Waals surface area contributed by atoms with Gasteiger partial charge in [0.1, 0.15) is 5.82 Å². The first kappa shape index (κ1) is 17.2. The van der Waals surface area contributed by atoms with E-state index in [0.29, 0.717) is 18.7 Å². The number of aryl methyl sites for hydroxylation is 1. The topological polar surface area (TPSA) is 32.3 Å². The largest absolute Gasteiger partial charge is 0.351 e. The number of benzene rings is 2. The number of carbonyl (C=O) groups is 1. The fourth-order valence-electron chi connectivity index (χ4n) is 2.42. The molecule has 0 unspecified atom stereocenters. The number of carbonyl (C=O) groups excluding carboxylic acids is 1. The molecule has 2 aromatic rings. The molecule has 23 heavy (non-hydrogen) atoms. The summed E-state index contributed by atoms with van der Waals surface area (Å²) in [5, 5.41) is 2.88. The predicted molar refractivity (Wildman–Crippen MR) is 90.5 cm³/mol. The van der Waals surface area contributed by atoms with Crippen molar-refractivity contribution in [2.45, 2.75) is 26.4 Å². The van der Waals surface area contributed by atoms with Gasteiger partial charge in [0.15, 0.2) is 0 Å². The number of hydrogen-bond acceptors (Lipinski definition) is 2. The summed E-state index contributed by atoms with van der Waals surface area (Å²) in [7, 11) is 1.93. The zero-order chi connectivity index (χ0) is 16.8. The molecule has 0 aliphatic carbocycles. The lowest BCUT2D eigenvalue weighted by Crippen LogP contribution is -2.36. The summed E-state index contributed by atoms with van der Waals surface area (Å²) in [4.78, 5) is 14.1. The number of hydrogen-bond donors (Lipinski definition) is 1. The van der Waals surface area contributed by atoms with Crippen LogP contribution in [0.2, 0.25) is 0 Å². The number of likely N-dealkylation sites (N-methyl/N-ethyl adjacent to an activating group) is 1. The Morgan fingerprint density at radius 3 is 2.57 bits per heavy atom. The van der Waals surface area contributed by atoms with Gasteiger partial charge in [0.05, 0.1) is 6.54 Å². The minimum absolute atomic E-state index is 0.0442. The van der Waals surface area contributed by atoms with Crippen molar-refractivity contribution in [2.24, 2.45) is 0 Å². The molecule has 3 nitrogen and oxygen atoms in total. The lowest BCUT2D eigenvalue weighted by molar-refractivity contribution is -0.122. The van der Waals surface area contributed by atoms with Crippen LogP contribution in [0, 0.1) is 12.7 Å². The highest BCUT2D eigenvalue weighted by atomic mass is 19.1. The maximum Gasteiger partial charge on any atom is 0.234 e. The Balaban J connectivity index is 1.85. The Kier molecular flexibility index (Phi) is 5.88. The van der Waals surface area contributed by atoms with E-state index in [1.165, 1.54) is 11.6 Å². The van der Waals surface area contributed by atoms with E-state index in [1.54, 1.807) is 19.1 Å². The van der Waals surface area contributed by atoms with Crippen LogP contribution in [-0.2, 0) is 11.3 Å². The molecule has 1 N–H and O–H groups in total. The zero-order valence-electron chi connectivity index (χ0n) is 13.8. The first-order valence-electron chi connectivity index (χ1n) is 7.74. The molecule has 0 heterocycles. The number of halogens is 1. The van der Waals surface area contributed by atoms with Crippen LogP contribution in [0.1, 0.15) is 29.7 Å². The molecule has 0 aliphatic rings. The quantitative estimate of drug-likeness (QED) is 0.886. The summed E-state index contributed by atoms with van der Waals surface area (Å²) in [6.07, 6.45) is 0. The van der Waals surface area contributed by atoms with Gasteiger partial charge in [0.2, 0.25) is 5.91 Å². The highest BCUT2D eigenvalue weighted by Crippen LogP contribution is 2.17. The molecular formula is C19H23FN2O. The third kappa shape index (κ3) is 4.89. The van der Waals surface area contributed by atoms with Crippen molar-refractivity contribution in [3.8, 4) is 0 Å². The van der Waals surface area contributed by atoms with Crippen molar-refractivity contribution < 1.29 is 9.18 Å². The molecule has 0 radical (unpaired) electrons. The van der Waals surface area contributed by atoms with E-state index >= 15 is 0 Å². The van der Waals surface area contributed by atoms with Gasteiger partial charge in [-0.1, -0.05) is 42.5 Å². The average Bonchev–Trinajstić information content (AvgIpc) is 2.56. The first-order chi connectivity index (χ1) is 11.0. The van der Waals surface area contributed by atoms with Crippen LogP contribution in [0.3, 0.4) is 0 Å². The van der Waals surface area contributed by atoms with Crippen LogP contribution in [0.5, 0.6) is 0 Å². The lowest BCUT2D eigenvalue weighted by Gasteiger charge is -2.24. The summed E-state index contributed by atoms with van der Waals surface area (Å²) in [6.45, 7) is 4.52. The molecule has 0 aromatic heterocycles. The Hall–Kier alpha value is -2.20. The molecule has 122 valence electrons. The van der Waals surface area contributed by atoms with E-state index in [1.807, 2.05) is 30.1 Å². The minimum atomic E-state index is -0.225. The molecule has 1 atom stereocenters. The first-order valence-corrected chi connectivity index (χ1v) is 7.74. The van der Waals surface area contributed by atoms with Gasteiger partial charge in [-0.05, 0) is 43.7 Å². The van der Waals surface area contributed by atoms with Gasteiger partial charge in [-0.15, -0.1) is 0 Å². The van der Waals surface area contributed by atoms with Gasteiger partial charge in [-0.25, -0.2) is 4.39 Å².